The smallest absolute Gasteiger partial charge is 0.432 e. The summed E-state index contributed by atoms with van der Waals surface area (Å²) in [5, 5.41) is 9.97. The lowest BCUT2D eigenvalue weighted by atomic mass is 9.93. The van der Waals surface area contributed by atoms with E-state index in [2.05, 4.69) is 4.74 Å². The summed E-state index contributed by atoms with van der Waals surface area (Å²) in [6.07, 6.45) is -5.19. The molecule has 2 aromatic rings. The van der Waals surface area contributed by atoms with Gasteiger partial charge in [-0.15, -0.1) is 0 Å². The SMILES string of the molecule is O=C(OCc1ccccc1)C(O)(c1ccccc1)C(F)(F)F. The average molecular weight is 310 g/mol. The van der Waals surface area contributed by atoms with Crippen LogP contribution in [-0.4, -0.2) is 17.3 Å². The predicted octanol–water partition coefficient (Wildman–Crippen LogP) is 3.18. The van der Waals surface area contributed by atoms with Crippen LogP contribution in [0.5, 0.6) is 0 Å². The lowest BCUT2D eigenvalue weighted by Gasteiger charge is -2.28. The Labute approximate surface area is 125 Å². The summed E-state index contributed by atoms with van der Waals surface area (Å²) in [6.45, 7) is -0.356. The molecule has 116 valence electrons. The minimum Gasteiger partial charge on any atom is -0.458 e. The fourth-order valence-corrected chi connectivity index (χ4v) is 1.90. The Bertz CT molecular complexity index is 626. The summed E-state index contributed by atoms with van der Waals surface area (Å²) in [5.74, 6) is -1.75. The maximum Gasteiger partial charge on any atom is 0.432 e. The third-order valence-corrected chi connectivity index (χ3v) is 3.11. The van der Waals surface area contributed by atoms with Crippen molar-refractivity contribution in [1.82, 2.24) is 0 Å². The zero-order valence-electron chi connectivity index (χ0n) is 11.4. The van der Waals surface area contributed by atoms with Gasteiger partial charge in [-0.05, 0) is 5.56 Å². The van der Waals surface area contributed by atoms with Gasteiger partial charge in [0.1, 0.15) is 6.61 Å². The zero-order chi connectivity index (χ0) is 16.2. The van der Waals surface area contributed by atoms with Crippen molar-refractivity contribution in [1.29, 1.82) is 0 Å². The molecule has 2 rings (SSSR count). The van der Waals surface area contributed by atoms with Crippen molar-refractivity contribution in [3.05, 3.63) is 71.8 Å². The molecule has 0 spiro atoms. The summed E-state index contributed by atoms with van der Waals surface area (Å²) in [7, 11) is 0. The second-order valence-corrected chi connectivity index (χ2v) is 4.64. The van der Waals surface area contributed by atoms with Gasteiger partial charge < -0.3 is 9.84 Å². The number of aliphatic hydroxyl groups is 1. The van der Waals surface area contributed by atoms with E-state index in [9.17, 15) is 23.1 Å². The molecule has 0 aliphatic rings. The molecule has 0 aromatic heterocycles. The van der Waals surface area contributed by atoms with Crippen LogP contribution in [0, 0.1) is 0 Å². The first kappa shape index (κ1) is 16.0. The summed E-state index contributed by atoms with van der Waals surface area (Å²) < 4.78 is 44.3. The van der Waals surface area contributed by atoms with E-state index >= 15 is 0 Å². The summed E-state index contributed by atoms with van der Waals surface area (Å²) >= 11 is 0. The van der Waals surface area contributed by atoms with Crippen LogP contribution in [0.4, 0.5) is 13.2 Å². The molecule has 22 heavy (non-hydrogen) atoms. The monoisotopic (exact) mass is 310 g/mol. The van der Waals surface area contributed by atoms with Crippen LogP contribution in [-0.2, 0) is 21.7 Å². The molecule has 1 unspecified atom stereocenters. The van der Waals surface area contributed by atoms with E-state index in [0.29, 0.717) is 5.56 Å². The van der Waals surface area contributed by atoms with Gasteiger partial charge in [0.05, 0.1) is 0 Å². The minimum absolute atomic E-state index is 0.356. The number of ether oxygens (including phenoxy) is 1. The Hall–Kier alpha value is -2.34. The fraction of sp³-hybridized carbons (Fsp3) is 0.188. The van der Waals surface area contributed by atoms with Crippen LogP contribution < -0.4 is 0 Å². The van der Waals surface area contributed by atoms with Crippen molar-refractivity contribution in [2.75, 3.05) is 0 Å². The minimum atomic E-state index is -5.19. The van der Waals surface area contributed by atoms with Gasteiger partial charge in [0.15, 0.2) is 0 Å². The first-order valence-electron chi connectivity index (χ1n) is 6.41. The molecule has 0 fully saturated rings. The number of esters is 1. The average Bonchev–Trinajstić information content (AvgIpc) is 2.52. The van der Waals surface area contributed by atoms with Gasteiger partial charge in [-0.1, -0.05) is 60.7 Å². The van der Waals surface area contributed by atoms with Gasteiger partial charge >= 0.3 is 12.1 Å². The number of alkyl halides is 3. The van der Waals surface area contributed by atoms with Gasteiger partial charge in [-0.2, -0.15) is 13.2 Å². The molecule has 0 saturated heterocycles. The van der Waals surface area contributed by atoms with Gasteiger partial charge in [-0.3, -0.25) is 0 Å². The number of carbonyl (C=O) groups excluding carboxylic acids is 1. The Morgan fingerprint density at radius 2 is 1.45 bits per heavy atom. The molecular weight excluding hydrogens is 297 g/mol. The number of carbonyl (C=O) groups is 1. The highest BCUT2D eigenvalue weighted by atomic mass is 19.4. The molecule has 3 nitrogen and oxygen atoms in total. The lowest BCUT2D eigenvalue weighted by molar-refractivity contribution is -0.268. The van der Waals surface area contributed by atoms with Crippen molar-refractivity contribution >= 4 is 5.97 Å². The normalized spacial score (nSPS) is 14.2. The summed E-state index contributed by atoms with van der Waals surface area (Å²) in [6, 6.07) is 14.4. The van der Waals surface area contributed by atoms with Crippen LogP contribution in [0.2, 0.25) is 0 Å². The molecule has 0 saturated carbocycles. The largest absolute Gasteiger partial charge is 0.458 e. The molecule has 6 heteroatoms. The van der Waals surface area contributed by atoms with Crippen molar-refractivity contribution in [2.45, 2.75) is 18.4 Å². The van der Waals surface area contributed by atoms with E-state index in [0.717, 1.165) is 12.1 Å². The lowest BCUT2D eigenvalue weighted by Crippen LogP contribution is -2.50. The van der Waals surface area contributed by atoms with E-state index in [4.69, 9.17) is 0 Å². The fourth-order valence-electron chi connectivity index (χ4n) is 1.90. The number of hydrogen-bond donors (Lipinski definition) is 1. The predicted molar refractivity (Wildman–Crippen MR) is 72.6 cm³/mol. The molecule has 0 aliphatic heterocycles. The van der Waals surface area contributed by atoms with E-state index < -0.39 is 23.3 Å². The maximum atomic E-state index is 13.2. The third kappa shape index (κ3) is 3.12. The van der Waals surface area contributed by atoms with Gasteiger partial charge in [0.25, 0.3) is 5.60 Å². The van der Waals surface area contributed by atoms with Crippen LogP contribution >= 0.6 is 0 Å². The summed E-state index contributed by atoms with van der Waals surface area (Å²) in [4.78, 5) is 11.9. The number of rotatable bonds is 4. The number of halogens is 3. The van der Waals surface area contributed by atoms with Crippen LogP contribution in [0.3, 0.4) is 0 Å². The topological polar surface area (TPSA) is 46.5 Å². The molecule has 1 atom stereocenters. The van der Waals surface area contributed by atoms with Crippen molar-refractivity contribution in [3.8, 4) is 0 Å². The molecule has 0 heterocycles. The molecule has 1 N–H and O–H groups in total. The van der Waals surface area contributed by atoms with Crippen molar-refractivity contribution < 1.29 is 27.8 Å². The second kappa shape index (κ2) is 6.19. The van der Waals surface area contributed by atoms with Crippen molar-refractivity contribution in [3.63, 3.8) is 0 Å². The Balaban J connectivity index is 2.25. The highest BCUT2D eigenvalue weighted by Crippen LogP contribution is 2.40. The number of benzene rings is 2. The van der Waals surface area contributed by atoms with E-state index in [1.165, 1.54) is 18.2 Å². The van der Waals surface area contributed by atoms with E-state index in [1.54, 1.807) is 30.3 Å². The Kier molecular flexibility index (Phi) is 4.51. The van der Waals surface area contributed by atoms with Gasteiger partial charge in [-0.25, -0.2) is 4.79 Å². The van der Waals surface area contributed by atoms with Gasteiger partial charge in [0.2, 0.25) is 0 Å². The Morgan fingerprint density at radius 3 is 1.95 bits per heavy atom. The number of hydrogen-bond acceptors (Lipinski definition) is 3. The van der Waals surface area contributed by atoms with E-state index in [-0.39, 0.29) is 6.61 Å². The second-order valence-electron chi connectivity index (χ2n) is 4.64. The highest BCUT2D eigenvalue weighted by molar-refractivity contribution is 5.82. The standard InChI is InChI=1S/C16H13F3O3/c17-16(18,19)15(21,13-9-5-2-6-10-13)14(20)22-11-12-7-3-1-4-8-12/h1-10,21H,11H2. The van der Waals surface area contributed by atoms with Crippen LogP contribution in [0.25, 0.3) is 0 Å². The molecule has 2 aromatic carbocycles. The molecule has 0 radical (unpaired) electrons. The van der Waals surface area contributed by atoms with Crippen LogP contribution in [0.1, 0.15) is 11.1 Å². The quantitative estimate of drug-likeness (QED) is 0.882. The highest BCUT2D eigenvalue weighted by Gasteiger charge is 2.62. The Morgan fingerprint density at radius 1 is 0.955 bits per heavy atom. The molecule has 0 aliphatic carbocycles. The maximum absolute atomic E-state index is 13.2. The molecule has 0 bridgehead atoms. The molecular formula is C16H13F3O3. The summed E-state index contributed by atoms with van der Waals surface area (Å²) in [5.41, 5.74) is -3.75. The van der Waals surface area contributed by atoms with E-state index in [1.807, 2.05) is 0 Å². The van der Waals surface area contributed by atoms with Gasteiger partial charge in [0, 0.05) is 5.56 Å². The first-order chi connectivity index (χ1) is 10.4. The van der Waals surface area contributed by atoms with Crippen LogP contribution in [0.15, 0.2) is 60.7 Å². The van der Waals surface area contributed by atoms with Crippen molar-refractivity contribution in [2.24, 2.45) is 0 Å². The zero-order valence-corrected chi connectivity index (χ0v) is 11.4. The molecule has 0 amide bonds. The third-order valence-electron chi connectivity index (χ3n) is 3.11. The first-order valence-corrected chi connectivity index (χ1v) is 6.41.